The number of furan rings is 1. The lowest BCUT2D eigenvalue weighted by Gasteiger charge is -2.07. The molecule has 0 fully saturated rings. The molecule has 1 aromatic heterocycles. The normalized spacial score (nSPS) is 10.2. The maximum absolute atomic E-state index is 11.5. The molecule has 19 heavy (non-hydrogen) atoms. The lowest BCUT2D eigenvalue weighted by Crippen LogP contribution is -2.25. The SMILES string of the molecule is Cc1cccc(OCCCNC(=O)c2ccco2)c1. The number of rotatable bonds is 6. The number of nitrogens with one attached hydrogen (secondary N) is 1. The van der Waals surface area contributed by atoms with Gasteiger partial charge in [0, 0.05) is 6.54 Å². The second-order valence-corrected chi connectivity index (χ2v) is 4.25. The Balaban J connectivity index is 1.64. The molecule has 1 aromatic carbocycles. The highest BCUT2D eigenvalue weighted by Gasteiger charge is 2.06. The van der Waals surface area contributed by atoms with Crippen LogP contribution >= 0.6 is 0 Å². The zero-order valence-corrected chi connectivity index (χ0v) is 10.9. The molecule has 0 bridgehead atoms. The summed E-state index contributed by atoms with van der Waals surface area (Å²) in [5.41, 5.74) is 1.17. The second-order valence-electron chi connectivity index (χ2n) is 4.25. The molecule has 0 spiro atoms. The summed E-state index contributed by atoms with van der Waals surface area (Å²) in [6, 6.07) is 11.2. The Kier molecular flexibility index (Phi) is 4.61. The van der Waals surface area contributed by atoms with Crippen molar-refractivity contribution in [3.05, 3.63) is 54.0 Å². The largest absolute Gasteiger partial charge is 0.494 e. The van der Waals surface area contributed by atoms with Crippen LogP contribution < -0.4 is 10.1 Å². The van der Waals surface area contributed by atoms with Crippen LogP contribution in [0.3, 0.4) is 0 Å². The van der Waals surface area contributed by atoms with E-state index in [4.69, 9.17) is 9.15 Å². The second kappa shape index (κ2) is 6.64. The van der Waals surface area contributed by atoms with Crippen LogP contribution in [0.1, 0.15) is 22.5 Å². The topological polar surface area (TPSA) is 51.5 Å². The van der Waals surface area contributed by atoms with Gasteiger partial charge in [0.05, 0.1) is 12.9 Å². The van der Waals surface area contributed by atoms with Crippen LogP contribution in [-0.2, 0) is 0 Å². The van der Waals surface area contributed by atoms with Crippen molar-refractivity contribution in [2.45, 2.75) is 13.3 Å². The summed E-state index contributed by atoms with van der Waals surface area (Å²) in [4.78, 5) is 11.5. The van der Waals surface area contributed by atoms with Crippen molar-refractivity contribution in [1.29, 1.82) is 0 Å². The summed E-state index contributed by atoms with van der Waals surface area (Å²) in [5, 5.41) is 2.77. The number of hydrogen-bond donors (Lipinski definition) is 1. The molecule has 0 aliphatic rings. The van der Waals surface area contributed by atoms with Gasteiger partial charge in [-0.1, -0.05) is 12.1 Å². The van der Waals surface area contributed by atoms with Crippen molar-refractivity contribution >= 4 is 5.91 Å². The first-order chi connectivity index (χ1) is 9.25. The van der Waals surface area contributed by atoms with Gasteiger partial charge in [0.1, 0.15) is 5.75 Å². The minimum Gasteiger partial charge on any atom is -0.494 e. The van der Waals surface area contributed by atoms with Crippen molar-refractivity contribution in [1.82, 2.24) is 5.32 Å². The van der Waals surface area contributed by atoms with E-state index in [2.05, 4.69) is 5.32 Å². The lowest BCUT2D eigenvalue weighted by molar-refractivity contribution is 0.0924. The van der Waals surface area contributed by atoms with Crippen molar-refractivity contribution < 1.29 is 13.9 Å². The number of hydrogen-bond acceptors (Lipinski definition) is 3. The van der Waals surface area contributed by atoms with E-state index in [0.29, 0.717) is 18.9 Å². The molecule has 1 amide bonds. The summed E-state index contributed by atoms with van der Waals surface area (Å²) < 4.78 is 10.6. The summed E-state index contributed by atoms with van der Waals surface area (Å²) in [6.07, 6.45) is 2.23. The third kappa shape index (κ3) is 4.17. The molecule has 100 valence electrons. The van der Waals surface area contributed by atoms with Crippen LogP contribution in [0.4, 0.5) is 0 Å². The van der Waals surface area contributed by atoms with Gasteiger partial charge in [-0.05, 0) is 43.2 Å². The summed E-state index contributed by atoms with van der Waals surface area (Å²) in [7, 11) is 0. The minimum atomic E-state index is -0.194. The van der Waals surface area contributed by atoms with Gasteiger partial charge in [0.2, 0.25) is 0 Å². The molecule has 0 atom stereocenters. The van der Waals surface area contributed by atoms with Gasteiger partial charge in [0.15, 0.2) is 5.76 Å². The van der Waals surface area contributed by atoms with Crippen LogP contribution in [0.15, 0.2) is 47.1 Å². The third-order valence-corrected chi connectivity index (χ3v) is 2.61. The molecule has 0 radical (unpaired) electrons. The Morgan fingerprint density at radius 2 is 2.21 bits per heavy atom. The predicted octanol–water partition coefficient (Wildman–Crippen LogP) is 2.79. The van der Waals surface area contributed by atoms with Crippen LogP contribution in [0.5, 0.6) is 5.75 Å². The summed E-state index contributed by atoms with van der Waals surface area (Å²) >= 11 is 0. The molecule has 0 unspecified atom stereocenters. The average Bonchev–Trinajstić information content (AvgIpc) is 2.92. The zero-order valence-electron chi connectivity index (χ0n) is 10.9. The van der Waals surface area contributed by atoms with Crippen LogP contribution in [0, 0.1) is 6.92 Å². The fourth-order valence-corrected chi connectivity index (χ4v) is 1.66. The highest BCUT2D eigenvalue weighted by Crippen LogP contribution is 2.12. The summed E-state index contributed by atoms with van der Waals surface area (Å²) in [6.45, 7) is 3.16. The van der Waals surface area contributed by atoms with Crippen molar-refractivity contribution in [2.75, 3.05) is 13.2 Å². The quantitative estimate of drug-likeness (QED) is 0.811. The summed E-state index contributed by atoms with van der Waals surface area (Å²) in [5.74, 6) is 0.998. The fraction of sp³-hybridized carbons (Fsp3) is 0.267. The molecule has 2 aromatic rings. The van der Waals surface area contributed by atoms with Crippen molar-refractivity contribution in [2.24, 2.45) is 0 Å². The number of aryl methyl sites for hydroxylation is 1. The molecule has 0 aliphatic carbocycles. The first kappa shape index (κ1) is 13.2. The standard InChI is InChI=1S/C15H17NO3/c1-12-5-2-6-13(11-12)18-10-4-8-16-15(17)14-7-3-9-19-14/h2-3,5-7,9,11H,4,8,10H2,1H3,(H,16,17). The monoisotopic (exact) mass is 259 g/mol. The van der Waals surface area contributed by atoms with Gasteiger partial charge in [0.25, 0.3) is 5.91 Å². The molecule has 0 saturated heterocycles. The first-order valence-corrected chi connectivity index (χ1v) is 6.27. The minimum absolute atomic E-state index is 0.194. The maximum atomic E-state index is 11.5. The van der Waals surface area contributed by atoms with E-state index in [0.717, 1.165) is 12.2 Å². The van der Waals surface area contributed by atoms with E-state index in [9.17, 15) is 4.79 Å². The highest BCUT2D eigenvalue weighted by atomic mass is 16.5. The Bertz CT molecular complexity index is 520. The number of carbonyl (C=O) groups is 1. The maximum Gasteiger partial charge on any atom is 0.286 e. The third-order valence-electron chi connectivity index (χ3n) is 2.61. The Morgan fingerprint density at radius 3 is 2.95 bits per heavy atom. The van der Waals surface area contributed by atoms with Gasteiger partial charge in [-0.15, -0.1) is 0 Å². The van der Waals surface area contributed by atoms with E-state index >= 15 is 0 Å². The highest BCUT2D eigenvalue weighted by molar-refractivity contribution is 5.91. The van der Waals surface area contributed by atoms with Crippen LogP contribution in [-0.4, -0.2) is 19.1 Å². The van der Waals surface area contributed by atoms with Gasteiger partial charge >= 0.3 is 0 Å². The number of ether oxygens (including phenoxy) is 1. The Labute approximate surface area is 112 Å². The molecule has 2 rings (SSSR count). The van der Waals surface area contributed by atoms with E-state index in [-0.39, 0.29) is 5.91 Å². The van der Waals surface area contributed by atoms with Gasteiger partial charge in [-0.3, -0.25) is 4.79 Å². The molecule has 4 heteroatoms. The van der Waals surface area contributed by atoms with E-state index < -0.39 is 0 Å². The number of benzene rings is 1. The van der Waals surface area contributed by atoms with E-state index in [1.54, 1.807) is 12.1 Å². The average molecular weight is 259 g/mol. The number of amides is 1. The van der Waals surface area contributed by atoms with E-state index in [1.807, 2.05) is 31.2 Å². The molecule has 4 nitrogen and oxygen atoms in total. The molecular weight excluding hydrogens is 242 g/mol. The molecule has 0 saturated carbocycles. The van der Waals surface area contributed by atoms with Crippen LogP contribution in [0.25, 0.3) is 0 Å². The van der Waals surface area contributed by atoms with Gasteiger partial charge in [-0.2, -0.15) is 0 Å². The first-order valence-electron chi connectivity index (χ1n) is 6.27. The Morgan fingerprint density at radius 1 is 1.32 bits per heavy atom. The zero-order chi connectivity index (χ0) is 13.5. The van der Waals surface area contributed by atoms with Crippen molar-refractivity contribution in [3.63, 3.8) is 0 Å². The fourth-order valence-electron chi connectivity index (χ4n) is 1.66. The van der Waals surface area contributed by atoms with Crippen molar-refractivity contribution in [3.8, 4) is 5.75 Å². The lowest BCUT2D eigenvalue weighted by atomic mass is 10.2. The van der Waals surface area contributed by atoms with Crippen LogP contribution in [0.2, 0.25) is 0 Å². The van der Waals surface area contributed by atoms with Gasteiger partial charge in [-0.25, -0.2) is 0 Å². The smallest absolute Gasteiger partial charge is 0.286 e. The van der Waals surface area contributed by atoms with Gasteiger partial charge < -0.3 is 14.5 Å². The molecule has 0 aliphatic heterocycles. The predicted molar refractivity (Wildman–Crippen MR) is 72.3 cm³/mol. The Hall–Kier alpha value is -2.23. The molecular formula is C15H17NO3. The molecule has 1 N–H and O–H groups in total. The number of carbonyl (C=O) groups excluding carboxylic acids is 1. The van der Waals surface area contributed by atoms with E-state index in [1.165, 1.54) is 11.8 Å². The molecule has 1 heterocycles.